The molecule has 0 radical (unpaired) electrons. The van der Waals surface area contributed by atoms with Gasteiger partial charge in [0, 0.05) is 23.1 Å². The molecular weight excluding hydrogens is 318 g/mol. The van der Waals surface area contributed by atoms with E-state index in [0.717, 1.165) is 16.2 Å². The lowest BCUT2D eigenvalue weighted by Gasteiger charge is -1.99. The van der Waals surface area contributed by atoms with Crippen molar-refractivity contribution in [2.24, 2.45) is 0 Å². The minimum absolute atomic E-state index is 0.488. The number of hydrogen-bond donors (Lipinski definition) is 4. The summed E-state index contributed by atoms with van der Waals surface area (Å²) < 4.78 is 0.792. The number of aliphatic carboxylic acids is 2. The van der Waals surface area contributed by atoms with Crippen molar-refractivity contribution in [3.63, 3.8) is 0 Å². The van der Waals surface area contributed by atoms with Gasteiger partial charge < -0.3 is 20.5 Å². The van der Waals surface area contributed by atoms with Gasteiger partial charge in [0.15, 0.2) is 5.57 Å². The lowest BCUT2D eigenvalue weighted by Crippen LogP contribution is -2.12. The van der Waals surface area contributed by atoms with Crippen LogP contribution in [0.5, 0.6) is 0 Å². The van der Waals surface area contributed by atoms with E-state index in [9.17, 15) is 9.59 Å². The molecule has 0 fully saturated rings. The first-order valence-corrected chi connectivity index (χ1v) is 5.84. The number of aromatic amines is 1. The SMILES string of the molecule is O=C(O)C(=CNc1c[nH]c2cc(Br)cnc12)C(=O)O. The van der Waals surface area contributed by atoms with E-state index in [1.807, 2.05) is 0 Å². The molecule has 0 aromatic carbocycles. The van der Waals surface area contributed by atoms with Gasteiger partial charge in [-0.3, -0.25) is 4.98 Å². The number of aromatic nitrogens is 2. The molecular formula is C11H8BrN3O4. The molecule has 2 rings (SSSR count). The highest BCUT2D eigenvalue weighted by Gasteiger charge is 2.16. The van der Waals surface area contributed by atoms with Crippen LogP contribution >= 0.6 is 15.9 Å². The van der Waals surface area contributed by atoms with Gasteiger partial charge in [0.1, 0.15) is 5.52 Å². The van der Waals surface area contributed by atoms with Crippen molar-refractivity contribution in [3.05, 3.63) is 34.7 Å². The maximum atomic E-state index is 10.7. The first-order chi connectivity index (χ1) is 8.99. The largest absolute Gasteiger partial charge is 0.477 e. The van der Waals surface area contributed by atoms with Crippen molar-refractivity contribution < 1.29 is 19.8 Å². The second-order valence-corrected chi connectivity index (χ2v) is 4.48. The van der Waals surface area contributed by atoms with E-state index in [2.05, 4.69) is 31.2 Å². The molecule has 2 aromatic heterocycles. The van der Waals surface area contributed by atoms with Crippen molar-refractivity contribution in [2.75, 3.05) is 5.32 Å². The highest BCUT2D eigenvalue weighted by Crippen LogP contribution is 2.23. The molecule has 0 atom stereocenters. The predicted octanol–water partition coefficient (Wildman–Crippen LogP) is 1.79. The van der Waals surface area contributed by atoms with E-state index in [1.165, 1.54) is 0 Å². The van der Waals surface area contributed by atoms with Gasteiger partial charge in [-0.05, 0) is 22.0 Å². The summed E-state index contributed by atoms with van der Waals surface area (Å²) in [7, 11) is 0. The van der Waals surface area contributed by atoms with Crippen LogP contribution in [0.3, 0.4) is 0 Å². The number of nitrogens with one attached hydrogen (secondary N) is 2. The minimum atomic E-state index is -1.52. The summed E-state index contributed by atoms with van der Waals surface area (Å²) in [5.74, 6) is -3.04. The zero-order chi connectivity index (χ0) is 14.0. The van der Waals surface area contributed by atoms with Crippen molar-refractivity contribution in [2.45, 2.75) is 0 Å². The second-order valence-electron chi connectivity index (χ2n) is 3.56. The topological polar surface area (TPSA) is 115 Å². The molecule has 0 unspecified atom stereocenters. The Morgan fingerprint density at radius 2 is 2.05 bits per heavy atom. The van der Waals surface area contributed by atoms with Gasteiger partial charge >= 0.3 is 11.9 Å². The smallest absolute Gasteiger partial charge is 0.344 e. The van der Waals surface area contributed by atoms with Crippen LogP contribution in [0.4, 0.5) is 5.69 Å². The third kappa shape index (κ3) is 2.74. The Morgan fingerprint density at radius 1 is 1.37 bits per heavy atom. The molecule has 4 N–H and O–H groups in total. The average Bonchev–Trinajstić information content (AvgIpc) is 2.71. The highest BCUT2D eigenvalue weighted by molar-refractivity contribution is 9.10. The Kier molecular flexibility index (Phi) is 3.52. The molecule has 0 amide bonds. The maximum absolute atomic E-state index is 10.7. The summed E-state index contributed by atoms with van der Waals surface area (Å²) in [5, 5.41) is 20.0. The normalized spacial score (nSPS) is 10.2. The summed E-state index contributed by atoms with van der Waals surface area (Å²) in [6.45, 7) is 0. The Morgan fingerprint density at radius 3 is 2.68 bits per heavy atom. The first kappa shape index (κ1) is 13.1. The number of H-pyrrole nitrogens is 1. The molecule has 98 valence electrons. The third-order valence-corrected chi connectivity index (χ3v) is 2.75. The molecule has 0 aliphatic heterocycles. The molecule has 0 saturated carbocycles. The van der Waals surface area contributed by atoms with Gasteiger partial charge in [0.2, 0.25) is 0 Å². The predicted molar refractivity (Wildman–Crippen MR) is 70.8 cm³/mol. The van der Waals surface area contributed by atoms with Gasteiger partial charge in [-0.15, -0.1) is 0 Å². The van der Waals surface area contributed by atoms with Crippen LogP contribution in [0.1, 0.15) is 0 Å². The van der Waals surface area contributed by atoms with E-state index in [4.69, 9.17) is 10.2 Å². The van der Waals surface area contributed by atoms with Crippen LogP contribution in [0, 0.1) is 0 Å². The molecule has 2 heterocycles. The van der Waals surface area contributed by atoms with E-state index in [-0.39, 0.29) is 0 Å². The van der Waals surface area contributed by atoms with Crippen LogP contribution in [-0.4, -0.2) is 32.1 Å². The molecule has 0 spiro atoms. The number of halogens is 1. The summed E-state index contributed by atoms with van der Waals surface area (Å²) in [5.41, 5.74) is 1.04. The van der Waals surface area contributed by atoms with Gasteiger partial charge in [-0.2, -0.15) is 0 Å². The van der Waals surface area contributed by atoms with Gasteiger partial charge in [0.05, 0.1) is 11.2 Å². The third-order valence-electron chi connectivity index (χ3n) is 2.31. The maximum Gasteiger partial charge on any atom is 0.344 e. The fourth-order valence-corrected chi connectivity index (χ4v) is 1.79. The number of hydrogen-bond acceptors (Lipinski definition) is 4. The highest BCUT2D eigenvalue weighted by atomic mass is 79.9. The van der Waals surface area contributed by atoms with Crippen molar-refractivity contribution >= 4 is 44.6 Å². The monoisotopic (exact) mass is 325 g/mol. The van der Waals surface area contributed by atoms with Gasteiger partial charge in [-0.1, -0.05) is 0 Å². The van der Waals surface area contributed by atoms with Gasteiger partial charge in [0.25, 0.3) is 0 Å². The molecule has 0 aliphatic rings. The number of pyridine rings is 1. The molecule has 19 heavy (non-hydrogen) atoms. The standard InChI is InChI=1S/C11H8BrN3O4/c12-5-1-7-9(15-2-5)8(4-14-7)13-3-6(10(16)17)11(18)19/h1-4,13-14H,(H,16,17)(H,18,19). The van der Waals surface area contributed by atoms with E-state index in [0.29, 0.717) is 11.2 Å². The molecule has 8 heteroatoms. The van der Waals surface area contributed by atoms with Crippen molar-refractivity contribution in [3.8, 4) is 0 Å². The lowest BCUT2D eigenvalue weighted by molar-refractivity contribution is -0.140. The van der Waals surface area contributed by atoms with Crippen LogP contribution in [-0.2, 0) is 9.59 Å². The zero-order valence-corrected chi connectivity index (χ0v) is 10.9. The Hall–Kier alpha value is -2.35. The average molecular weight is 326 g/mol. The second kappa shape index (κ2) is 5.11. The van der Waals surface area contributed by atoms with Crippen LogP contribution in [0.25, 0.3) is 11.0 Å². The summed E-state index contributed by atoms with van der Waals surface area (Å²) in [4.78, 5) is 28.5. The number of anilines is 1. The van der Waals surface area contributed by atoms with E-state index < -0.39 is 17.5 Å². The summed E-state index contributed by atoms with van der Waals surface area (Å²) in [6.07, 6.45) is 4.07. The van der Waals surface area contributed by atoms with Gasteiger partial charge in [-0.25, -0.2) is 9.59 Å². The summed E-state index contributed by atoms with van der Waals surface area (Å²) >= 11 is 3.27. The quantitative estimate of drug-likeness (QED) is 0.387. The minimum Gasteiger partial charge on any atom is -0.477 e. The van der Waals surface area contributed by atoms with Crippen LogP contribution < -0.4 is 5.32 Å². The number of carbonyl (C=O) groups is 2. The van der Waals surface area contributed by atoms with Crippen molar-refractivity contribution in [1.29, 1.82) is 0 Å². The molecule has 2 aromatic rings. The molecule has 7 nitrogen and oxygen atoms in total. The lowest BCUT2D eigenvalue weighted by atomic mass is 10.3. The van der Waals surface area contributed by atoms with E-state index in [1.54, 1.807) is 18.5 Å². The number of carboxylic acid groups (broad SMARTS) is 2. The Balaban J connectivity index is 2.34. The van der Waals surface area contributed by atoms with E-state index >= 15 is 0 Å². The van der Waals surface area contributed by atoms with Crippen molar-refractivity contribution in [1.82, 2.24) is 9.97 Å². The number of rotatable bonds is 4. The molecule has 0 saturated heterocycles. The molecule has 0 bridgehead atoms. The first-order valence-electron chi connectivity index (χ1n) is 5.05. The zero-order valence-electron chi connectivity index (χ0n) is 9.35. The van der Waals surface area contributed by atoms with Crippen LogP contribution in [0.2, 0.25) is 0 Å². The fourth-order valence-electron chi connectivity index (χ4n) is 1.46. The molecule has 0 aliphatic carbocycles. The number of fused-ring (bicyclic) bond motifs is 1. The van der Waals surface area contributed by atoms with Crippen LogP contribution in [0.15, 0.2) is 34.7 Å². The number of carboxylic acids is 2. The Bertz CT molecular complexity index is 676. The fraction of sp³-hybridized carbons (Fsp3) is 0. The summed E-state index contributed by atoms with van der Waals surface area (Å²) in [6, 6.07) is 1.80. The number of nitrogens with zero attached hydrogens (tertiary/aromatic N) is 1. The Labute approximate surface area is 115 Å².